The normalized spacial score (nSPS) is 18.4. The summed E-state index contributed by atoms with van der Waals surface area (Å²) in [4.78, 5) is 13.7. The molecular weight excluding hydrogens is 322 g/mol. The summed E-state index contributed by atoms with van der Waals surface area (Å²) in [5, 5.41) is 3.12. The lowest BCUT2D eigenvalue weighted by Gasteiger charge is -2.25. The molecule has 1 fully saturated rings. The first-order valence-electron chi connectivity index (χ1n) is 7.07. The van der Waals surface area contributed by atoms with Crippen molar-refractivity contribution >= 4 is 37.2 Å². The maximum atomic E-state index is 11.9. The predicted octanol–water partition coefficient (Wildman–Crippen LogP) is 1.67. The zero-order valence-corrected chi connectivity index (χ0v) is 13.7. The number of hydrogen-bond donors (Lipinski definition) is 0. The highest BCUT2D eigenvalue weighted by atomic mass is 32.2. The van der Waals surface area contributed by atoms with Crippen molar-refractivity contribution in [3.05, 3.63) is 35.2 Å². The molecule has 0 unspecified atom stereocenters. The summed E-state index contributed by atoms with van der Waals surface area (Å²) in [6.45, 7) is 1.21. The number of hydrogen-bond acceptors (Lipinski definition) is 6. The van der Waals surface area contributed by atoms with Gasteiger partial charge >= 0.3 is 5.97 Å². The minimum Gasteiger partial charge on any atom is -0.460 e. The van der Waals surface area contributed by atoms with Gasteiger partial charge in [0.05, 0.1) is 18.1 Å². The summed E-state index contributed by atoms with van der Waals surface area (Å²) in [6.07, 6.45) is 0. The lowest BCUT2D eigenvalue weighted by Crippen LogP contribution is -2.43. The van der Waals surface area contributed by atoms with Crippen LogP contribution in [0.1, 0.15) is 5.56 Å². The van der Waals surface area contributed by atoms with Crippen LogP contribution in [0.2, 0.25) is 0 Å². The third kappa shape index (κ3) is 3.66. The van der Waals surface area contributed by atoms with Gasteiger partial charge in [0.1, 0.15) is 6.61 Å². The number of fused-ring (bicyclic) bond motifs is 1. The van der Waals surface area contributed by atoms with Crippen LogP contribution in [0.25, 0.3) is 10.1 Å². The minimum absolute atomic E-state index is 0.120. The molecule has 118 valence electrons. The average Bonchev–Trinajstić information content (AvgIpc) is 2.91. The van der Waals surface area contributed by atoms with Crippen molar-refractivity contribution in [2.75, 3.05) is 31.1 Å². The Balaban J connectivity index is 1.52. The summed E-state index contributed by atoms with van der Waals surface area (Å²) in [5.41, 5.74) is 1.01. The fourth-order valence-corrected chi connectivity index (χ4v) is 4.66. The van der Waals surface area contributed by atoms with Crippen molar-refractivity contribution in [1.29, 1.82) is 0 Å². The van der Waals surface area contributed by atoms with E-state index in [9.17, 15) is 13.2 Å². The Morgan fingerprint density at radius 2 is 1.95 bits per heavy atom. The van der Waals surface area contributed by atoms with Gasteiger partial charge in [0.25, 0.3) is 0 Å². The molecule has 1 aliphatic rings. The van der Waals surface area contributed by atoms with Gasteiger partial charge in [-0.2, -0.15) is 0 Å². The molecule has 22 heavy (non-hydrogen) atoms. The van der Waals surface area contributed by atoms with Crippen LogP contribution in [0, 0.1) is 0 Å². The maximum Gasteiger partial charge on any atom is 0.320 e. The number of thiophene rings is 1. The van der Waals surface area contributed by atoms with Gasteiger partial charge in [-0.25, -0.2) is 8.42 Å². The first-order valence-corrected chi connectivity index (χ1v) is 9.77. The quantitative estimate of drug-likeness (QED) is 0.793. The van der Waals surface area contributed by atoms with Crippen LogP contribution in [-0.4, -0.2) is 50.4 Å². The monoisotopic (exact) mass is 339 g/mol. The van der Waals surface area contributed by atoms with Crippen LogP contribution in [0.15, 0.2) is 29.6 Å². The highest BCUT2D eigenvalue weighted by molar-refractivity contribution is 7.91. The van der Waals surface area contributed by atoms with E-state index in [4.69, 9.17) is 4.74 Å². The first kappa shape index (κ1) is 15.5. The van der Waals surface area contributed by atoms with E-state index in [1.807, 2.05) is 34.5 Å². The number of ether oxygens (including phenoxy) is 1. The first-order chi connectivity index (χ1) is 10.5. The fraction of sp³-hybridized carbons (Fsp3) is 0.400. The Kier molecular flexibility index (Phi) is 4.46. The standard InChI is InChI=1S/C15H17NO4S2/c17-15(9-16-5-7-22(18,19)8-6-16)20-10-12-11-21-14-4-2-1-3-13(12)14/h1-4,11H,5-10H2. The lowest BCUT2D eigenvalue weighted by molar-refractivity contribution is -0.146. The van der Waals surface area contributed by atoms with Crippen molar-refractivity contribution < 1.29 is 17.9 Å². The molecule has 0 saturated carbocycles. The summed E-state index contributed by atoms with van der Waals surface area (Å²) in [7, 11) is -2.92. The molecule has 1 aromatic heterocycles. The average molecular weight is 339 g/mol. The molecular formula is C15H17NO4S2. The number of carbonyl (C=O) groups excluding carboxylic acids is 1. The predicted molar refractivity (Wildman–Crippen MR) is 86.7 cm³/mol. The summed E-state index contributed by atoms with van der Waals surface area (Å²) < 4.78 is 29.2. The van der Waals surface area contributed by atoms with Gasteiger partial charge in [-0.1, -0.05) is 18.2 Å². The third-order valence-electron chi connectivity index (χ3n) is 3.74. The molecule has 1 aliphatic heterocycles. The number of rotatable bonds is 4. The Bertz CT molecular complexity index is 768. The van der Waals surface area contributed by atoms with Crippen LogP contribution in [0.3, 0.4) is 0 Å². The van der Waals surface area contributed by atoms with E-state index in [1.165, 1.54) is 4.70 Å². The molecule has 0 bridgehead atoms. The Hall–Kier alpha value is -1.44. The van der Waals surface area contributed by atoms with Crippen molar-refractivity contribution in [3.63, 3.8) is 0 Å². The van der Waals surface area contributed by atoms with Gasteiger partial charge in [-0.05, 0) is 16.8 Å². The van der Waals surface area contributed by atoms with E-state index in [-0.39, 0.29) is 30.6 Å². The summed E-state index contributed by atoms with van der Waals surface area (Å²) in [6, 6.07) is 8.01. The van der Waals surface area contributed by atoms with Gasteiger partial charge < -0.3 is 4.74 Å². The fourth-order valence-electron chi connectivity index (χ4n) is 2.44. The van der Waals surface area contributed by atoms with Gasteiger partial charge in [-0.3, -0.25) is 9.69 Å². The van der Waals surface area contributed by atoms with Crippen LogP contribution < -0.4 is 0 Å². The molecule has 2 aromatic rings. The summed E-state index contributed by atoms with van der Waals surface area (Å²) in [5.74, 6) is -0.0696. The van der Waals surface area contributed by atoms with Crippen molar-refractivity contribution in [2.45, 2.75) is 6.61 Å². The number of sulfone groups is 1. The number of nitrogens with zero attached hydrogens (tertiary/aromatic N) is 1. The molecule has 0 spiro atoms. The number of esters is 1. The molecule has 0 radical (unpaired) electrons. The van der Waals surface area contributed by atoms with E-state index < -0.39 is 9.84 Å². The zero-order valence-electron chi connectivity index (χ0n) is 12.0. The van der Waals surface area contributed by atoms with Gasteiger partial charge in [0, 0.05) is 23.4 Å². The minimum atomic E-state index is -2.92. The van der Waals surface area contributed by atoms with Crippen LogP contribution in [0.5, 0.6) is 0 Å². The molecule has 0 N–H and O–H groups in total. The largest absolute Gasteiger partial charge is 0.460 e. The SMILES string of the molecule is O=C(CN1CCS(=O)(=O)CC1)OCc1csc2ccccc12. The van der Waals surface area contributed by atoms with Crippen molar-refractivity contribution in [3.8, 4) is 0 Å². The summed E-state index contributed by atoms with van der Waals surface area (Å²) >= 11 is 1.63. The third-order valence-corrected chi connectivity index (χ3v) is 6.36. The number of carbonyl (C=O) groups is 1. The van der Waals surface area contributed by atoms with Gasteiger partial charge in [-0.15, -0.1) is 11.3 Å². The maximum absolute atomic E-state index is 11.9. The van der Waals surface area contributed by atoms with Crippen molar-refractivity contribution in [1.82, 2.24) is 4.90 Å². The van der Waals surface area contributed by atoms with Crippen molar-refractivity contribution in [2.24, 2.45) is 0 Å². The highest BCUT2D eigenvalue weighted by Gasteiger charge is 2.23. The molecule has 0 atom stereocenters. The van der Waals surface area contributed by atoms with Gasteiger partial charge in [0.2, 0.25) is 0 Å². The van der Waals surface area contributed by atoms with Crippen LogP contribution >= 0.6 is 11.3 Å². The molecule has 0 aliphatic carbocycles. The van der Waals surface area contributed by atoms with Gasteiger partial charge in [0.15, 0.2) is 9.84 Å². The van der Waals surface area contributed by atoms with E-state index in [0.29, 0.717) is 13.1 Å². The molecule has 0 amide bonds. The highest BCUT2D eigenvalue weighted by Crippen LogP contribution is 2.26. The van der Waals surface area contributed by atoms with E-state index in [1.54, 1.807) is 11.3 Å². The zero-order chi connectivity index (χ0) is 15.6. The van der Waals surface area contributed by atoms with E-state index in [2.05, 4.69) is 0 Å². The lowest BCUT2D eigenvalue weighted by atomic mass is 10.2. The van der Waals surface area contributed by atoms with E-state index >= 15 is 0 Å². The second-order valence-corrected chi connectivity index (χ2v) is 8.56. The van der Waals surface area contributed by atoms with Crippen LogP contribution in [-0.2, 0) is 26.0 Å². The second kappa shape index (κ2) is 6.36. The Morgan fingerprint density at radius 1 is 1.23 bits per heavy atom. The molecule has 7 heteroatoms. The Labute approximate surface area is 133 Å². The van der Waals surface area contributed by atoms with E-state index in [0.717, 1.165) is 10.9 Å². The topological polar surface area (TPSA) is 63.7 Å². The van der Waals surface area contributed by atoms with Crippen LogP contribution in [0.4, 0.5) is 0 Å². The Morgan fingerprint density at radius 3 is 2.73 bits per heavy atom. The molecule has 1 saturated heterocycles. The molecule has 5 nitrogen and oxygen atoms in total. The second-order valence-electron chi connectivity index (χ2n) is 5.35. The molecule has 1 aromatic carbocycles. The smallest absolute Gasteiger partial charge is 0.320 e. The molecule has 3 rings (SSSR count). The molecule has 2 heterocycles. The number of benzene rings is 1.